The third-order valence-electron chi connectivity index (χ3n) is 5.95. The summed E-state index contributed by atoms with van der Waals surface area (Å²) in [5, 5.41) is 23.4. The molecule has 0 aromatic heterocycles. The zero-order chi connectivity index (χ0) is 22.5. The first kappa shape index (κ1) is 22.3. The van der Waals surface area contributed by atoms with Crippen LogP contribution in [0.3, 0.4) is 0 Å². The molecule has 3 N–H and O–H groups in total. The van der Waals surface area contributed by atoms with Crippen LogP contribution in [0.4, 0.5) is 0 Å². The fraction of sp³-hybridized carbons (Fsp3) is 0.222. The largest absolute Gasteiger partial charge is 0.478 e. The Hall–Kier alpha value is -2.92. The van der Waals surface area contributed by atoms with Gasteiger partial charge in [-0.3, -0.25) is 0 Å². The van der Waals surface area contributed by atoms with Crippen molar-refractivity contribution >= 4 is 23.6 Å². The highest BCUT2D eigenvalue weighted by Gasteiger charge is 2.20. The number of aryl methyl sites for hydroxylation is 1. The molecule has 1 aliphatic rings. The van der Waals surface area contributed by atoms with E-state index in [1.54, 1.807) is 18.2 Å². The summed E-state index contributed by atoms with van der Waals surface area (Å²) in [7, 11) is 0. The molecule has 3 aromatic rings. The molecular formula is C27H26ClNO3. The maximum absolute atomic E-state index is 10.7. The summed E-state index contributed by atoms with van der Waals surface area (Å²) in [5.74, 6) is -0.951. The monoisotopic (exact) mass is 447 g/mol. The molecular weight excluding hydrogens is 422 g/mol. The number of rotatable bonds is 7. The molecule has 1 aliphatic carbocycles. The van der Waals surface area contributed by atoms with Gasteiger partial charge < -0.3 is 15.5 Å². The molecule has 32 heavy (non-hydrogen) atoms. The molecule has 0 aliphatic heterocycles. The standard InChI is InChI=1S/C27H26ClNO3/c28-24-11-8-21(9-12-24)26(30)17-29-25-13-10-20-6-7-22(15-23(20)16-25)19-4-1-18(2-5-19)3-14-27(31)32/h1-9,11-12,14-15,25-26,29-30H,10,13,16-17H2,(H,31,32)/t25-,26-/m0/s1. The number of aliphatic hydroxyl groups excluding tert-OH is 1. The van der Waals surface area contributed by atoms with E-state index >= 15 is 0 Å². The average Bonchev–Trinajstić information content (AvgIpc) is 2.81. The van der Waals surface area contributed by atoms with E-state index in [1.165, 1.54) is 11.1 Å². The molecule has 0 unspecified atom stereocenters. The Kier molecular flexibility index (Phi) is 7.05. The number of carbonyl (C=O) groups is 1. The second-order valence-electron chi connectivity index (χ2n) is 8.19. The minimum Gasteiger partial charge on any atom is -0.478 e. The van der Waals surface area contributed by atoms with Crippen LogP contribution in [0.15, 0.2) is 72.8 Å². The molecule has 4 nitrogen and oxygen atoms in total. The van der Waals surface area contributed by atoms with Gasteiger partial charge in [-0.15, -0.1) is 0 Å². The molecule has 0 saturated carbocycles. The van der Waals surface area contributed by atoms with Crippen molar-refractivity contribution < 1.29 is 15.0 Å². The van der Waals surface area contributed by atoms with Crippen molar-refractivity contribution in [3.63, 3.8) is 0 Å². The van der Waals surface area contributed by atoms with Crippen LogP contribution in [0.1, 0.15) is 34.8 Å². The van der Waals surface area contributed by atoms with Crippen molar-refractivity contribution in [2.45, 2.75) is 31.4 Å². The van der Waals surface area contributed by atoms with Crippen molar-refractivity contribution in [1.82, 2.24) is 5.32 Å². The second kappa shape index (κ2) is 10.1. The Morgan fingerprint density at radius 3 is 2.47 bits per heavy atom. The van der Waals surface area contributed by atoms with Crippen LogP contribution in [0.25, 0.3) is 17.2 Å². The molecule has 0 fully saturated rings. The first-order valence-corrected chi connectivity index (χ1v) is 11.2. The van der Waals surface area contributed by atoms with Gasteiger partial charge in [0.05, 0.1) is 6.10 Å². The number of fused-ring (bicyclic) bond motifs is 1. The van der Waals surface area contributed by atoms with Crippen molar-refractivity contribution in [1.29, 1.82) is 0 Å². The molecule has 4 rings (SSSR count). The van der Waals surface area contributed by atoms with Crippen molar-refractivity contribution in [2.24, 2.45) is 0 Å². The van der Waals surface area contributed by atoms with Crippen LogP contribution in [0, 0.1) is 0 Å². The van der Waals surface area contributed by atoms with Crippen LogP contribution in [-0.2, 0) is 17.6 Å². The number of nitrogens with one attached hydrogen (secondary N) is 1. The topological polar surface area (TPSA) is 69.6 Å². The lowest BCUT2D eigenvalue weighted by atomic mass is 9.86. The molecule has 3 aromatic carbocycles. The molecule has 2 atom stereocenters. The van der Waals surface area contributed by atoms with E-state index in [-0.39, 0.29) is 0 Å². The van der Waals surface area contributed by atoms with Crippen LogP contribution in [0.5, 0.6) is 0 Å². The van der Waals surface area contributed by atoms with E-state index in [4.69, 9.17) is 16.7 Å². The summed E-state index contributed by atoms with van der Waals surface area (Å²) in [5.41, 5.74) is 6.70. The number of carboxylic acids is 1. The smallest absolute Gasteiger partial charge is 0.328 e. The maximum Gasteiger partial charge on any atom is 0.328 e. The van der Waals surface area contributed by atoms with E-state index in [0.717, 1.165) is 47.6 Å². The number of aliphatic carboxylic acids is 1. The maximum atomic E-state index is 10.7. The lowest BCUT2D eigenvalue weighted by molar-refractivity contribution is -0.131. The van der Waals surface area contributed by atoms with Gasteiger partial charge in [0, 0.05) is 23.7 Å². The van der Waals surface area contributed by atoms with E-state index in [0.29, 0.717) is 17.6 Å². The predicted octanol–water partition coefficient (Wildman–Crippen LogP) is 5.29. The van der Waals surface area contributed by atoms with Gasteiger partial charge in [-0.05, 0) is 70.9 Å². The normalized spacial score (nSPS) is 16.6. The summed E-state index contributed by atoms with van der Waals surface area (Å²) in [6, 6.07) is 22.1. The number of carboxylic acid groups (broad SMARTS) is 1. The Balaban J connectivity index is 1.40. The predicted molar refractivity (Wildman–Crippen MR) is 129 cm³/mol. The van der Waals surface area contributed by atoms with Gasteiger partial charge in [-0.1, -0.05) is 66.2 Å². The summed E-state index contributed by atoms with van der Waals surface area (Å²) < 4.78 is 0. The minimum absolute atomic E-state index is 0.322. The average molecular weight is 448 g/mol. The van der Waals surface area contributed by atoms with E-state index in [9.17, 15) is 9.90 Å². The van der Waals surface area contributed by atoms with Crippen molar-refractivity contribution in [3.05, 3.63) is 100 Å². The highest BCUT2D eigenvalue weighted by Crippen LogP contribution is 2.28. The number of aliphatic hydroxyl groups is 1. The van der Waals surface area contributed by atoms with Crippen LogP contribution >= 0.6 is 11.6 Å². The number of benzene rings is 3. The fourth-order valence-corrected chi connectivity index (χ4v) is 4.27. The van der Waals surface area contributed by atoms with E-state index < -0.39 is 12.1 Å². The molecule has 0 bridgehead atoms. The van der Waals surface area contributed by atoms with Gasteiger partial charge in [0.1, 0.15) is 0 Å². The third kappa shape index (κ3) is 5.65. The third-order valence-corrected chi connectivity index (χ3v) is 6.20. The molecule has 0 heterocycles. The molecule has 0 spiro atoms. The SMILES string of the molecule is O=C(O)C=Cc1ccc(-c2ccc3c(c2)C[C@@H](NC[C@H](O)c2ccc(Cl)cc2)CC3)cc1. The lowest BCUT2D eigenvalue weighted by Gasteiger charge is -2.27. The number of hydrogen-bond donors (Lipinski definition) is 3. The molecule has 164 valence electrons. The summed E-state index contributed by atoms with van der Waals surface area (Å²) >= 11 is 5.93. The second-order valence-corrected chi connectivity index (χ2v) is 8.63. The highest BCUT2D eigenvalue weighted by atomic mass is 35.5. The van der Waals surface area contributed by atoms with Crippen LogP contribution in [0.2, 0.25) is 5.02 Å². The van der Waals surface area contributed by atoms with Gasteiger partial charge >= 0.3 is 5.97 Å². The minimum atomic E-state index is -0.951. The molecule has 0 saturated heterocycles. The lowest BCUT2D eigenvalue weighted by Crippen LogP contribution is -2.37. The fourth-order valence-electron chi connectivity index (χ4n) is 4.15. The Labute approximate surface area is 193 Å². The zero-order valence-corrected chi connectivity index (χ0v) is 18.4. The van der Waals surface area contributed by atoms with Gasteiger partial charge in [0.15, 0.2) is 0 Å². The molecule has 5 heteroatoms. The Morgan fingerprint density at radius 2 is 1.75 bits per heavy atom. The number of halogens is 1. The van der Waals surface area contributed by atoms with Crippen LogP contribution < -0.4 is 5.32 Å². The first-order chi connectivity index (χ1) is 15.5. The Morgan fingerprint density at radius 1 is 1.03 bits per heavy atom. The van der Waals surface area contributed by atoms with Crippen molar-refractivity contribution in [3.8, 4) is 11.1 Å². The molecule has 0 radical (unpaired) electrons. The van der Waals surface area contributed by atoms with Crippen LogP contribution in [-0.4, -0.2) is 28.8 Å². The van der Waals surface area contributed by atoms with Crippen molar-refractivity contribution in [2.75, 3.05) is 6.54 Å². The van der Waals surface area contributed by atoms with E-state index in [2.05, 4.69) is 23.5 Å². The highest BCUT2D eigenvalue weighted by molar-refractivity contribution is 6.30. The first-order valence-electron chi connectivity index (χ1n) is 10.8. The van der Waals surface area contributed by atoms with Gasteiger partial charge in [-0.2, -0.15) is 0 Å². The summed E-state index contributed by atoms with van der Waals surface area (Å²) in [6.07, 6.45) is 5.16. The molecule has 0 amide bonds. The summed E-state index contributed by atoms with van der Waals surface area (Å²) in [6.45, 7) is 0.507. The van der Waals surface area contributed by atoms with Gasteiger partial charge in [0.2, 0.25) is 0 Å². The zero-order valence-electron chi connectivity index (χ0n) is 17.7. The Bertz CT molecular complexity index is 1110. The van der Waals surface area contributed by atoms with E-state index in [1.807, 2.05) is 36.4 Å². The van der Waals surface area contributed by atoms with Gasteiger partial charge in [0.25, 0.3) is 0 Å². The van der Waals surface area contributed by atoms with Gasteiger partial charge in [-0.25, -0.2) is 4.79 Å². The number of hydrogen-bond acceptors (Lipinski definition) is 3. The quantitative estimate of drug-likeness (QED) is 0.431. The summed E-state index contributed by atoms with van der Waals surface area (Å²) in [4.78, 5) is 10.7.